The van der Waals surface area contributed by atoms with Crippen molar-refractivity contribution >= 4 is 35.1 Å². The summed E-state index contributed by atoms with van der Waals surface area (Å²) in [5, 5.41) is -0.414. The molecule has 2 unspecified atom stereocenters. The standard InChI is InChI=1S/C12H20Cl2O4/c1-3-9(13)7-11(15)17-5-6-18-12(16)8-10(14)4-2/h9-10H,3-8H2,1-2H3. The van der Waals surface area contributed by atoms with Crippen molar-refractivity contribution in [3.8, 4) is 0 Å². The SMILES string of the molecule is CCC(Cl)CC(=O)OCCOC(=O)CC(Cl)CC. The lowest BCUT2D eigenvalue weighted by Crippen LogP contribution is -2.17. The number of carbonyl (C=O) groups is 2. The molecule has 0 aromatic carbocycles. The lowest BCUT2D eigenvalue weighted by molar-refractivity contribution is -0.152. The van der Waals surface area contributed by atoms with Crippen molar-refractivity contribution in [2.45, 2.75) is 50.3 Å². The van der Waals surface area contributed by atoms with Crippen LogP contribution in [0.1, 0.15) is 39.5 Å². The molecule has 0 aromatic rings. The fourth-order valence-corrected chi connectivity index (χ4v) is 1.33. The lowest BCUT2D eigenvalue weighted by Gasteiger charge is -2.09. The van der Waals surface area contributed by atoms with Gasteiger partial charge in [0.25, 0.3) is 0 Å². The molecular weight excluding hydrogens is 279 g/mol. The molecule has 106 valence electrons. The number of alkyl halides is 2. The Balaban J connectivity index is 3.55. The molecular formula is C12H20Cl2O4. The molecule has 6 heteroatoms. The van der Waals surface area contributed by atoms with Gasteiger partial charge in [0.15, 0.2) is 0 Å². The van der Waals surface area contributed by atoms with Crippen LogP contribution >= 0.6 is 23.2 Å². The molecule has 0 saturated carbocycles. The van der Waals surface area contributed by atoms with Crippen molar-refractivity contribution < 1.29 is 19.1 Å². The molecule has 0 aliphatic carbocycles. The molecule has 0 bridgehead atoms. The van der Waals surface area contributed by atoms with Gasteiger partial charge in [-0.05, 0) is 12.8 Å². The van der Waals surface area contributed by atoms with Crippen LogP contribution in [0.25, 0.3) is 0 Å². The molecule has 0 saturated heterocycles. The van der Waals surface area contributed by atoms with Gasteiger partial charge in [-0.15, -0.1) is 23.2 Å². The van der Waals surface area contributed by atoms with Crippen molar-refractivity contribution in [2.24, 2.45) is 0 Å². The molecule has 0 aliphatic heterocycles. The highest BCUT2D eigenvalue weighted by molar-refractivity contribution is 6.21. The second-order valence-corrected chi connectivity index (χ2v) is 5.09. The Hall–Kier alpha value is -0.480. The van der Waals surface area contributed by atoms with Crippen LogP contribution in [0.15, 0.2) is 0 Å². The zero-order valence-electron chi connectivity index (χ0n) is 10.8. The zero-order valence-corrected chi connectivity index (χ0v) is 12.3. The summed E-state index contributed by atoms with van der Waals surface area (Å²) in [4.78, 5) is 22.4. The quantitative estimate of drug-likeness (QED) is 0.373. The van der Waals surface area contributed by atoms with E-state index in [9.17, 15) is 9.59 Å². The van der Waals surface area contributed by atoms with E-state index in [2.05, 4.69) is 0 Å². The van der Waals surface area contributed by atoms with E-state index in [-0.39, 0.29) is 48.7 Å². The van der Waals surface area contributed by atoms with Gasteiger partial charge in [-0.1, -0.05) is 13.8 Å². The lowest BCUT2D eigenvalue weighted by atomic mass is 10.2. The fourth-order valence-electron chi connectivity index (χ4n) is 1.08. The normalized spacial score (nSPS) is 13.8. The summed E-state index contributed by atoms with van der Waals surface area (Å²) in [7, 11) is 0. The summed E-state index contributed by atoms with van der Waals surface area (Å²) in [6, 6.07) is 0. The minimum absolute atomic E-state index is 0.0526. The first-order valence-corrected chi connectivity index (χ1v) is 6.96. The van der Waals surface area contributed by atoms with Crippen molar-refractivity contribution in [2.75, 3.05) is 13.2 Å². The van der Waals surface area contributed by atoms with E-state index in [4.69, 9.17) is 32.7 Å². The highest BCUT2D eigenvalue weighted by atomic mass is 35.5. The summed E-state index contributed by atoms with van der Waals surface area (Å²) >= 11 is 11.6. The van der Waals surface area contributed by atoms with E-state index in [1.807, 2.05) is 13.8 Å². The molecule has 0 aliphatic rings. The van der Waals surface area contributed by atoms with Crippen molar-refractivity contribution in [3.05, 3.63) is 0 Å². The molecule has 0 spiro atoms. The maximum Gasteiger partial charge on any atom is 0.307 e. The first-order valence-electron chi connectivity index (χ1n) is 6.08. The topological polar surface area (TPSA) is 52.6 Å². The van der Waals surface area contributed by atoms with Gasteiger partial charge >= 0.3 is 11.9 Å². The highest BCUT2D eigenvalue weighted by Gasteiger charge is 2.12. The van der Waals surface area contributed by atoms with Gasteiger partial charge in [-0.3, -0.25) is 9.59 Å². The van der Waals surface area contributed by atoms with Gasteiger partial charge in [-0.2, -0.15) is 0 Å². The number of carbonyl (C=O) groups excluding carboxylic acids is 2. The van der Waals surface area contributed by atoms with Crippen molar-refractivity contribution in [3.63, 3.8) is 0 Å². The first-order chi connectivity index (χ1) is 8.49. The van der Waals surface area contributed by atoms with E-state index in [0.717, 1.165) is 0 Å². The number of halogens is 2. The molecule has 0 amide bonds. The Morgan fingerprint density at radius 3 is 1.50 bits per heavy atom. The molecule has 18 heavy (non-hydrogen) atoms. The Kier molecular flexibility index (Phi) is 10.2. The van der Waals surface area contributed by atoms with Crippen LogP contribution < -0.4 is 0 Å². The van der Waals surface area contributed by atoms with E-state index in [1.165, 1.54) is 0 Å². The summed E-state index contributed by atoms with van der Waals surface area (Å²) < 4.78 is 9.73. The second kappa shape index (κ2) is 10.4. The van der Waals surface area contributed by atoms with Gasteiger partial charge in [0.2, 0.25) is 0 Å². The largest absolute Gasteiger partial charge is 0.462 e. The third-order valence-corrected chi connectivity index (χ3v) is 3.20. The maximum atomic E-state index is 11.2. The maximum absolute atomic E-state index is 11.2. The highest BCUT2D eigenvalue weighted by Crippen LogP contribution is 2.08. The van der Waals surface area contributed by atoms with E-state index in [1.54, 1.807) is 0 Å². The van der Waals surface area contributed by atoms with Crippen molar-refractivity contribution in [1.29, 1.82) is 0 Å². The Morgan fingerprint density at radius 2 is 1.22 bits per heavy atom. The predicted molar refractivity (Wildman–Crippen MR) is 71.0 cm³/mol. The number of ether oxygens (including phenoxy) is 2. The minimum atomic E-state index is -0.378. The molecule has 2 atom stereocenters. The van der Waals surface area contributed by atoms with Crippen LogP contribution in [-0.2, 0) is 19.1 Å². The number of hydrogen-bond donors (Lipinski definition) is 0. The molecule has 0 radical (unpaired) electrons. The van der Waals surface area contributed by atoms with E-state index < -0.39 is 0 Å². The fraction of sp³-hybridized carbons (Fsp3) is 0.833. The monoisotopic (exact) mass is 298 g/mol. The van der Waals surface area contributed by atoms with Gasteiger partial charge in [-0.25, -0.2) is 0 Å². The van der Waals surface area contributed by atoms with Gasteiger partial charge < -0.3 is 9.47 Å². The molecule has 0 fully saturated rings. The van der Waals surface area contributed by atoms with Crippen LogP contribution in [0, 0.1) is 0 Å². The Labute approximate surface area is 118 Å². The summed E-state index contributed by atoms with van der Waals surface area (Å²) in [5.41, 5.74) is 0. The predicted octanol–water partition coefficient (Wildman–Crippen LogP) is 2.89. The smallest absolute Gasteiger partial charge is 0.307 e. The number of rotatable bonds is 9. The second-order valence-electron chi connectivity index (χ2n) is 3.86. The van der Waals surface area contributed by atoms with Gasteiger partial charge in [0, 0.05) is 10.8 Å². The third-order valence-electron chi connectivity index (χ3n) is 2.27. The van der Waals surface area contributed by atoms with Crippen LogP contribution in [-0.4, -0.2) is 35.9 Å². The summed E-state index contributed by atoms with van der Waals surface area (Å²) in [6.07, 6.45) is 1.76. The average Bonchev–Trinajstić information content (AvgIpc) is 2.34. The van der Waals surface area contributed by atoms with E-state index >= 15 is 0 Å². The summed E-state index contributed by atoms with van der Waals surface area (Å²) in [6.45, 7) is 3.89. The molecule has 4 nitrogen and oxygen atoms in total. The number of esters is 2. The molecule has 0 aromatic heterocycles. The Bertz CT molecular complexity index is 232. The first kappa shape index (κ1) is 17.5. The van der Waals surface area contributed by atoms with Crippen LogP contribution in [0.3, 0.4) is 0 Å². The summed E-state index contributed by atoms with van der Waals surface area (Å²) in [5.74, 6) is -0.756. The molecule has 0 rings (SSSR count). The van der Waals surface area contributed by atoms with E-state index in [0.29, 0.717) is 12.8 Å². The minimum Gasteiger partial charge on any atom is -0.462 e. The van der Waals surface area contributed by atoms with Crippen LogP contribution in [0.5, 0.6) is 0 Å². The average molecular weight is 299 g/mol. The van der Waals surface area contributed by atoms with Gasteiger partial charge in [0.1, 0.15) is 13.2 Å². The third kappa shape index (κ3) is 9.54. The van der Waals surface area contributed by atoms with Crippen LogP contribution in [0.4, 0.5) is 0 Å². The zero-order chi connectivity index (χ0) is 14.0. The molecule has 0 heterocycles. The van der Waals surface area contributed by atoms with Crippen molar-refractivity contribution in [1.82, 2.24) is 0 Å². The number of hydrogen-bond acceptors (Lipinski definition) is 4. The Morgan fingerprint density at radius 1 is 0.889 bits per heavy atom. The van der Waals surface area contributed by atoms with Gasteiger partial charge in [0.05, 0.1) is 12.8 Å². The molecule has 0 N–H and O–H groups in total. The van der Waals surface area contributed by atoms with Crippen LogP contribution in [0.2, 0.25) is 0 Å².